The normalized spacial score (nSPS) is 26.7. The van der Waals surface area contributed by atoms with E-state index in [0.717, 1.165) is 23.3 Å². The summed E-state index contributed by atoms with van der Waals surface area (Å²) in [5, 5.41) is 20.8. The highest BCUT2D eigenvalue weighted by Gasteiger charge is 2.55. The first kappa shape index (κ1) is 17.7. The molecule has 2 atom stereocenters. The van der Waals surface area contributed by atoms with Crippen molar-refractivity contribution in [2.45, 2.75) is 63.6 Å². The van der Waals surface area contributed by atoms with Crippen LogP contribution in [0.15, 0.2) is 29.8 Å². The predicted octanol–water partition coefficient (Wildman–Crippen LogP) is 3.55. The number of nitrogens with zero attached hydrogens (tertiary/aromatic N) is 1. The molecule has 1 aromatic carbocycles. The van der Waals surface area contributed by atoms with E-state index in [2.05, 4.69) is 17.8 Å². The van der Waals surface area contributed by atoms with Crippen LogP contribution < -0.4 is 4.74 Å². The van der Waals surface area contributed by atoms with E-state index in [0.29, 0.717) is 19.3 Å². The monoisotopic (exact) mass is 347 g/mol. The van der Waals surface area contributed by atoms with Gasteiger partial charge in [0.05, 0.1) is 6.61 Å². The minimum absolute atomic E-state index is 0.0770. The van der Waals surface area contributed by atoms with Crippen molar-refractivity contribution in [1.29, 1.82) is 0 Å². The van der Waals surface area contributed by atoms with Crippen LogP contribution in [0.4, 0.5) is 0 Å². The summed E-state index contributed by atoms with van der Waals surface area (Å²) in [6.45, 7) is 6.07. The van der Waals surface area contributed by atoms with E-state index in [1.165, 1.54) is 5.57 Å². The molecule has 6 nitrogen and oxygen atoms in total. The molecule has 0 aromatic heterocycles. The molecule has 2 aliphatic rings. The Morgan fingerprint density at radius 1 is 1.44 bits per heavy atom. The van der Waals surface area contributed by atoms with Gasteiger partial charge in [0.1, 0.15) is 17.0 Å². The van der Waals surface area contributed by atoms with Gasteiger partial charge in [-0.15, -0.1) is 10.1 Å². The van der Waals surface area contributed by atoms with Crippen molar-refractivity contribution < 1.29 is 19.8 Å². The highest BCUT2D eigenvalue weighted by atomic mass is 16.9. The third-order valence-electron chi connectivity index (χ3n) is 5.49. The Morgan fingerprint density at radius 3 is 2.92 bits per heavy atom. The lowest BCUT2D eigenvalue weighted by molar-refractivity contribution is -0.757. The van der Waals surface area contributed by atoms with Crippen molar-refractivity contribution in [2.75, 3.05) is 6.61 Å². The van der Waals surface area contributed by atoms with E-state index in [4.69, 9.17) is 4.74 Å². The Morgan fingerprint density at radius 2 is 2.20 bits per heavy atom. The summed E-state index contributed by atoms with van der Waals surface area (Å²) in [6.07, 6.45) is 4.97. The molecule has 1 N–H and O–H groups in total. The second-order valence-corrected chi connectivity index (χ2v) is 7.56. The fraction of sp³-hybridized carbons (Fsp3) is 0.579. The minimum atomic E-state index is -0.916. The molecule has 1 aliphatic heterocycles. The van der Waals surface area contributed by atoms with E-state index in [1.807, 2.05) is 32.0 Å². The van der Waals surface area contributed by atoms with E-state index < -0.39 is 16.3 Å². The third-order valence-corrected chi connectivity index (χ3v) is 5.49. The number of rotatable bonds is 5. The van der Waals surface area contributed by atoms with Crippen molar-refractivity contribution in [3.8, 4) is 5.75 Å². The Balaban J connectivity index is 1.85. The first-order valence-corrected chi connectivity index (χ1v) is 8.72. The van der Waals surface area contributed by atoms with Crippen LogP contribution >= 0.6 is 0 Å². The van der Waals surface area contributed by atoms with E-state index in [9.17, 15) is 15.2 Å². The lowest BCUT2D eigenvalue weighted by Gasteiger charge is -2.52. The summed E-state index contributed by atoms with van der Waals surface area (Å²) in [5.41, 5.74) is 1.74. The molecule has 1 heterocycles. The highest BCUT2D eigenvalue weighted by Crippen LogP contribution is 2.53. The Kier molecular flexibility index (Phi) is 4.49. The molecule has 0 saturated carbocycles. The zero-order valence-corrected chi connectivity index (χ0v) is 14.9. The van der Waals surface area contributed by atoms with Crippen molar-refractivity contribution in [2.24, 2.45) is 0 Å². The first-order chi connectivity index (χ1) is 11.7. The first-order valence-electron chi connectivity index (χ1n) is 8.72. The van der Waals surface area contributed by atoms with Gasteiger partial charge in [-0.05, 0) is 58.1 Å². The molecule has 25 heavy (non-hydrogen) atoms. The van der Waals surface area contributed by atoms with E-state index >= 15 is 0 Å². The zero-order chi connectivity index (χ0) is 18.2. The van der Waals surface area contributed by atoms with Crippen molar-refractivity contribution in [3.63, 3.8) is 0 Å². The summed E-state index contributed by atoms with van der Waals surface area (Å²) < 4.78 is 6.19. The zero-order valence-electron chi connectivity index (χ0n) is 14.9. The van der Waals surface area contributed by atoms with Gasteiger partial charge in [0.2, 0.25) is 0 Å². The number of hydrogen-bond acceptors (Lipinski definition) is 5. The van der Waals surface area contributed by atoms with Crippen LogP contribution in [-0.2, 0) is 11.3 Å². The minimum Gasteiger partial charge on any atom is -0.485 e. The van der Waals surface area contributed by atoms with Crippen molar-refractivity contribution >= 4 is 0 Å². The Hall–Kier alpha value is -2.08. The molecule has 0 spiro atoms. The molecule has 3 rings (SSSR count). The summed E-state index contributed by atoms with van der Waals surface area (Å²) in [6, 6.07) is 6.00. The van der Waals surface area contributed by atoms with Gasteiger partial charge in [-0.25, -0.2) is 0 Å². The molecule has 0 radical (unpaired) electrons. The van der Waals surface area contributed by atoms with Gasteiger partial charge in [0, 0.05) is 11.5 Å². The molecule has 0 saturated heterocycles. The fourth-order valence-corrected chi connectivity index (χ4v) is 3.93. The van der Waals surface area contributed by atoms with Crippen LogP contribution in [0.1, 0.15) is 57.1 Å². The number of fused-ring (bicyclic) bond motifs is 3. The molecule has 0 amide bonds. The predicted molar refractivity (Wildman–Crippen MR) is 93.1 cm³/mol. The van der Waals surface area contributed by atoms with Crippen LogP contribution in [-0.4, -0.2) is 28.0 Å². The maximum absolute atomic E-state index is 11.3. The SMILES string of the molecule is CC1=C[C@@H]2c3ccc(CCCO[N+](=O)[O-])cc3OC(C)(C)[C@@]2(O)CC1. The van der Waals surface area contributed by atoms with Crippen molar-refractivity contribution in [3.05, 3.63) is 51.1 Å². The highest BCUT2D eigenvalue weighted by molar-refractivity contribution is 5.48. The molecule has 1 aliphatic carbocycles. The topological polar surface area (TPSA) is 81.8 Å². The van der Waals surface area contributed by atoms with Crippen LogP contribution in [0.25, 0.3) is 0 Å². The lowest BCUT2D eigenvalue weighted by Crippen LogP contribution is -2.60. The quantitative estimate of drug-likeness (QED) is 0.381. The second-order valence-electron chi connectivity index (χ2n) is 7.56. The molecule has 0 bridgehead atoms. The van der Waals surface area contributed by atoms with Crippen LogP contribution in [0.2, 0.25) is 0 Å². The summed E-state index contributed by atoms with van der Waals surface area (Å²) >= 11 is 0. The maximum Gasteiger partial charge on any atom is 0.294 e. The van der Waals surface area contributed by atoms with Gasteiger partial charge in [0.25, 0.3) is 5.09 Å². The average Bonchev–Trinajstić information content (AvgIpc) is 2.53. The van der Waals surface area contributed by atoms with E-state index in [1.54, 1.807) is 0 Å². The molecule has 1 aromatic rings. The van der Waals surface area contributed by atoms with Gasteiger partial charge in [-0.1, -0.05) is 23.8 Å². The van der Waals surface area contributed by atoms with Crippen LogP contribution in [0, 0.1) is 10.1 Å². The summed E-state index contributed by atoms with van der Waals surface area (Å²) in [7, 11) is 0. The van der Waals surface area contributed by atoms with Gasteiger partial charge in [0.15, 0.2) is 0 Å². The number of ether oxygens (including phenoxy) is 1. The van der Waals surface area contributed by atoms with Gasteiger partial charge >= 0.3 is 0 Å². The van der Waals surface area contributed by atoms with Gasteiger partial charge < -0.3 is 14.7 Å². The van der Waals surface area contributed by atoms with Gasteiger partial charge in [-0.2, -0.15) is 0 Å². The average molecular weight is 347 g/mol. The number of benzene rings is 1. The Labute approximate surface area is 147 Å². The number of hydrogen-bond donors (Lipinski definition) is 1. The molecule has 0 fully saturated rings. The van der Waals surface area contributed by atoms with Gasteiger partial charge in [-0.3, -0.25) is 0 Å². The summed E-state index contributed by atoms with van der Waals surface area (Å²) in [4.78, 5) is 14.6. The van der Waals surface area contributed by atoms with Crippen LogP contribution in [0.5, 0.6) is 5.75 Å². The third kappa shape index (κ3) is 3.23. The number of aliphatic hydroxyl groups is 1. The van der Waals surface area contributed by atoms with Crippen molar-refractivity contribution in [1.82, 2.24) is 0 Å². The Bertz CT molecular complexity index is 712. The standard InChI is InChI=1S/C19H25NO5/c1-13-8-9-19(21)16(11-13)15-7-6-14(5-4-10-24-20(22)23)12-17(15)25-18(19,2)3/h6-7,11-12,16,21H,4-5,8-10H2,1-3H3/t16-,19-/m1/s1. The molecule has 0 unspecified atom stereocenters. The molecular weight excluding hydrogens is 322 g/mol. The lowest BCUT2D eigenvalue weighted by atomic mass is 9.64. The smallest absolute Gasteiger partial charge is 0.294 e. The number of aryl methyl sites for hydroxylation is 1. The van der Waals surface area contributed by atoms with Crippen LogP contribution in [0.3, 0.4) is 0 Å². The number of allylic oxidation sites excluding steroid dienone is 1. The maximum atomic E-state index is 11.3. The fourth-order valence-electron chi connectivity index (χ4n) is 3.93. The molecule has 136 valence electrons. The van der Waals surface area contributed by atoms with E-state index in [-0.39, 0.29) is 12.5 Å². The largest absolute Gasteiger partial charge is 0.485 e. The molecular formula is C19H25NO5. The summed E-state index contributed by atoms with van der Waals surface area (Å²) in [5.74, 6) is 0.713. The molecule has 6 heteroatoms. The second kappa shape index (κ2) is 6.33.